The minimum atomic E-state index is -0.173. The maximum absolute atomic E-state index is 12.1. The van der Waals surface area contributed by atoms with E-state index in [2.05, 4.69) is 20.5 Å². The highest BCUT2D eigenvalue weighted by atomic mass is 16.2. The van der Waals surface area contributed by atoms with Crippen LogP contribution in [0.2, 0.25) is 0 Å². The Morgan fingerprint density at radius 3 is 2.84 bits per heavy atom. The molecule has 19 heavy (non-hydrogen) atoms. The lowest BCUT2D eigenvalue weighted by molar-refractivity contribution is 0.0898. The Kier molecular flexibility index (Phi) is 3.50. The third-order valence-electron chi connectivity index (χ3n) is 4.20. The molecule has 0 saturated heterocycles. The van der Waals surface area contributed by atoms with Gasteiger partial charge in [0.15, 0.2) is 0 Å². The second kappa shape index (κ2) is 5.28. The lowest BCUT2D eigenvalue weighted by atomic mass is 9.84. The fourth-order valence-electron chi connectivity index (χ4n) is 2.83. The minimum absolute atomic E-state index is 0.173. The van der Waals surface area contributed by atoms with Gasteiger partial charge in [0.1, 0.15) is 5.82 Å². The SMILES string of the molecule is NCC1CCCCC1NC(=O)c1n[nH]c(C2CC2)n1. The van der Waals surface area contributed by atoms with Gasteiger partial charge in [-0.2, -0.15) is 0 Å². The molecule has 2 aliphatic rings. The number of amides is 1. The van der Waals surface area contributed by atoms with Crippen LogP contribution >= 0.6 is 0 Å². The number of rotatable bonds is 4. The molecule has 0 aliphatic heterocycles. The first-order valence-electron chi connectivity index (χ1n) is 7.21. The highest BCUT2D eigenvalue weighted by Crippen LogP contribution is 2.37. The summed E-state index contributed by atoms with van der Waals surface area (Å²) >= 11 is 0. The van der Waals surface area contributed by atoms with Gasteiger partial charge in [0.2, 0.25) is 5.82 Å². The summed E-state index contributed by atoms with van der Waals surface area (Å²) in [6.07, 6.45) is 6.77. The Bertz CT molecular complexity index is 454. The Labute approximate surface area is 112 Å². The van der Waals surface area contributed by atoms with Crippen LogP contribution in [0, 0.1) is 5.92 Å². The third kappa shape index (κ3) is 2.78. The second-order valence-corrected chi connectivity index (χ2v) is 5.68. The van der Waals surface area contributed by atoms with Gasteiger partial charge in [-0.1, -0.05) is 12.8 Å². The maximum Gasteiger partial charge on any atom is 0.291 e. The summed E-state index contributed by atoms with van der Waals surface area (Å²) in [6, 6.07) is 0.175. The van der Waals surface area contributed by atoms with Crippen LogP contribution in [0.15, 0.2) is 0 Å². The molecule has 2 saturated carbocycles. The first kappa shape index (κ1) is 12.6. The van der Waals surface area contributed by atoms with E-state index in [4.69, 9.17) is 5.73 Å². The van der Waals surface area contributed by atoms with Gasteiger partial charge in [0.25, 0.3) is 5.91 Å². The zero-order valence-corrected chi connectivity index (χ0v) is 11.1. The molecule has 6 heteroatoms. The molecule has 1 amide bonds. The fourth-order valence-corrected chi connectivity index (χ4v) is 2.83. The molecule has 1 aromatic rings. The van der Waals surface area contributed by atoms with Crippen LogP contribution in [0.4, 0.5) is 0 Å². The summed E-state index contributed by atoms with van der Waals surface area (Å²) in [6.45, 7) is 0.631. The van der Waals surface area contributed by atoms with Crippen LogP contribution in [-0.2, 0) is 0 Å². The standard InChI is InChI=1S/C13H21N5O/c14-7-9-3-1-2-4-10(9)15-13(19)12-16-11(17-18-12)8-5-6-8/h8-10H,1-7,14H2,(H,15,19)(H,16,17,18). The van der Waals surface area contributed by atoms with E-state index < -0.39 is 0 Å². The van der Waals surface area contributed by atoms with Crippen LogP contribution in [0.25, 0.3) is 0 Å². The molecule has 3 rings (SSSR count). The number of aromatic nitrogens is 3. The number of nitrogens with one attached hydrogen (secondary N) is 2. The Hall–Kier alpha value is -1.43. The van der Waals surface area contributed by atoms with E-state index >= 15 is 0 Å². The largest absolute Gasteiger partial charge is 0.346 e. The molecule has 0 aromatic carbocycles. The van der Waals surface area contributed by atoms with Crippen LogP contribution < -0.4 is 11.1 Å². The molecule has 6 nitrogen and oxygen atoms in total. The van der Waals surface area contributed by atoms with E-state index in [1.807, 2.05) is 0 Å². The lowest BCUT2D eigenvalue weighted by Gasteiger charge is -2.30. The van der Waals surface area contributed by atoms with E-state index in [1.165, 1.54) is 6.42 Å². The highest BCUT2D eigenvalue weighted by Gasteiger charge is 2.30. The van der Waals surface area contributed by atoms with Crippen LogP contribution in [-0.4, -0.2) is 33.7 Å². The number of hydrogen-bond donors (Lipinski definition) is 3. The van der Waals surface area contributed by atoms with Crippen LogP contribution in [0.1, 0.15) is 60.9 Å². The van der Waals surface area contributed by atoms with Gasteiger partial charge in [-0.15, -0.1) is 5.10 Å². The highest BCUT2D eigenvalue weighted by molar-refractivity contribution is 5.90. The molecule has 1 heterocycles. The summed E-state index contributed by atoms with van der Waals surface area (Å²) in [5, 5.41) is 9.92. The molecule has 1 aromatic heterocycles. The molecule has 2 atom stereocenters. The molecule has 4 N–H and O–H groups in total. The van der Waals surface area contributed by atoms with Gasteiger partial charge < -0.3 is 11.1 Å². The van der Waals surface area contributed by atoms with Crippen molar-refractivity contribution in [1.29, 1.82) is 0 Å². The number of carbonyl (C=O) groups is 1. The fraction of sp³-hybridized carbons (Fsp3) is 0.769. The summed E-state index contributed by atoms with van der Waals surface area (Å²) < 4.78 is 0. The predicted molar refractivity (Wildman–Crippen MR) is 70.6 cm³/mol. The lowest BCUT2D eigenvalue weighted by Crippen LogP contribution is -2.45. The van der Waals surface area contributed by atoms with Gasteiger partial charge in [-0.25, -0.2) is 4.98 Å². The summed E-state index contributed by atoms with van der Waals surface area (Å²) in [4.78, 5) is 16.4. The molecule has 0 radical (unpaired) electrons. The van der Waals surface area contributed by atoms with E-state index in [9.17, 15) is 4.79 Å². The van der Waals surface area contributed by atoms with Gasteiger partial charge in [0, 0.05) is 12.0 Å². The predicted octanol–water partition coefficient (Wildman–Crippen LogP) is 0.929. The Morgan fingerprint density at radius 2 is 2.11 bits per heavy atom. The van der Waals surface area contributed by atoms with E-state index in [0.717, 1.165) is 37.9 Å². The quantitative estimate of drug-likeness (QED) is 0.752. The zero-order valence-electron chi connectivity index (χ0n) is 11.1. The molecular weight excluding hydrogens is 242 g/mol. The van der Waals surface area contributed by atoms with Crippen molar-refractivity contribution in [2.24, 2.45) is 11.7 Å². The van der Waals surface area contributed by atoms with E-state index in [-0.39, 0.29) is 17.8 Å². The molecule has 0 bridgehead atoms. The number of aromatic amines is 1. The molecule has 2 aliphatic carbocycles. The van der Waals surface area contributed by atoms with Crippen molar-refractivity contribution in [3.8, 4) is 0 Å². The van der Waals surface area contributed by atoms with Crippen molar-refractivity contribution < 1.29 is 4.79 Å². The van der Waals surface area contributed by atoms with Crippen LogP contribution in [0.5, 0.6) is 0 Å². The van der Waals surface area contributed by atoms with Gasteiger partial charge in [0.05, 0.1) is 0 Å². The van der Waals surface area contributed by atoms with Gasteiger partial charge >= 0.3 is 0 Å². The number of hydrogen-bond acceptors (Lipinski definition) is 4. The topological polar surface area (TPSA) is 96.7 Å². The van der Waals surface area contributed by atoms with Crippen molar-refractivity contribution in [2.75, 3.05) is 6.54 Å². The van der Waals surface area contributed by atoms with Crippen LogP contribution in [0.3, 0.4) is 0 Å². The normalized spacial score (nSPS) is 27.2. The first-order chi connectivity index (χ1) is 9.28. The average molecular weight is 263 g/mol. The summed E-state index contributed by atoms with van der Waals surface area (Å²) in [5.74, 6) is 1.82. The van der Waals surface area contributed by atoms with Crippen molar-refractivity contribution in [3.63, 3.8) is 0 Å². The number of nitrogens with zero attached hydrogens (tertiary/aromatic N) is 2. The molecule has 2 unspecified atom stereocenters. The van der Waals surface area contributed by atoms with Crippen molar-refractivity contribution >= 4 is 5.91 Å². The van der Waals surface area contributed by atoms with E-state index in [1.54, 1.807) is 0 Å². The van der Waals surface area contributed by atoms with Crippen molar-refractivity contribution in [1.82, 2.24) is 20.5 Å². The van der Waals surface area contributed by atoms with Crippen molar-refractivity contribution in [2.45, 2.75) is 50.5 Å². The first-order valence-corrected chi connectivity index (χ1v) is 7.21. The Balaban J connectivity index is 1.62. The molecule has 0 spiro atoms. The monoisotopic (exact) mass is 263 g/mol. The number of H-pyrrole nitrogens is 1. The molecule has 2 fully saturated rings. The summed E-state index contributed by atoms with van der Waals surface area (Å²) in [7, 11) is 0. The number of carbonyl (C=O) groups excluding carboxylic acids is 1. The second-order valence-electron chi connectivity index (χ2n) is 5.68. The summed E-state index contributed by atoms with van der Waals surface area (Å²) in [5.41, 5.74) is 5.77. The smallest absolute Gasteiger partial charge is 0.291 e. The van der Waals surface area contributed by atoms with Gasteiger partial charge in [-0.3, -0.25) is 9.89 Å². The van der Waals surface area contributed by atoms with Crippen molar-refractivity contribution in [3.05, 3.63) is 11.6 Å². The molecule has 104 valence electrons. The Morgan fingerprint density at radius 1 is 1.32 bits per heavy atom. The van der Waals surface area contributed by atoms with E-state index in [0.29, 0.717) is 18.4 Å². The molecular formula is C13H21N5O. The average Bonchev–Trinajstić information content (AvgIpc) is 3.17. The third-order valence-corrected chi connectivity index (χ3v) is 4.20. The number of nitrogens with two attached hydrogens (primary N) is 1. The van der Waals surface area contributed by atoms with Gasteiger partial charge in [-0.05, 0) is 38.1 Å². The zero-order chi connectivity index (χ0) is 13.2. The maximum atomic E-state index is 12.1. The minimum Gasteiger partial charge on any atom is -0.346 e.